The van der Waals surface area contributed by atoms with E-state index in [-0.39, 0.29) is 121 Å². The number of methoxy groups -OCH3 is 2. The fraction of sp³-hybridized carbons (Fsp3) is 0.369. The lowest BCUT2D eigenvalue weighted by Crippen LogP contribution is -2.58. The van der Waals surface area contributed by atoms with Crippen molar-refractivity contribution in [1.82, 2.24) is 63.3 Å². The van der Waals surface area contributed by atoms with E-state index in [9.17, 15) is 46.3 Å². The number of benzene rings is 3. The molecule has 0 spiro atoms. The summed E-state index contributed by atoms with van der Waals surface area (Å²) in [4.78, 5) is 121. The summed E-state index contributed by atoms with van der Waals surface area (Å²) in [5, 5.41) is 2.20. The van der Waals surface area contributed by atoms with Crippen LogP contribution in [0.4, 0.5) is 35.0 Å². The molecule has 4 atom stereocenters. The molecule has 0 radical (unpaired) electrons. The van der Waals surface area contributed by atoms with Gasteiger partial charge in [0.2, 0.25) is 17.7 Å². The van der Waals surface area contributed by atoms with E-state index in [4.69, 9.17) is 54.2 Å². The summed E-state index contributed by atoms with van der Waals surface area (Å²) in [6.07, 6.45) is 2.81. The van der Waals surface area contributed by atoms with Crippen molar-refractivity contribution in [2.24, 2.45) is 0 Å². The smallest absolute Gasteiger partial charge is 0.355 e. The van der Waals surface area contributed by atoms with Crippen molar-refractivity contribution in [3.05, 3.63) is 216 Å². The predicted molar refractivity (Wildman–Crippen MR) is 443 cm³/mol. The molecule has 24 nitrogen and oxygen atoms in total. The van der Waals surface area contributed by atoms with Gasteiger partial charge in [-0.15, -0.1) is 0 Å². The van der Waals surface area contributed by atoms with Gasteiger partial charge in [0.25, 0.3) is 6.43 Å². The van der Waals surface area contributed by atoms with E-state index in [1.165, 1.54) is 56.2 Å². The summed E-state index contributed by atoms with van der Waals surface area (Å²) in [5.41, 5.74) is 0.908. The number of pyridine rings is 4. The van der Waals surface area contributed by atoms with Gasteiger partial charge < -0.3 is 38.9 Å². The number of anilines is 3. The number of amides is 3. The van der Waals surface area contributed by atoms with E-state index in [1.54, 1.807) is 108 Å². The minimum atomic E-state index is -2.76. The molecule has 13 rings (SSSR count). The maximum absolute atomic E-state index is 14.7. The number of fused-ring (bicyclic) bond motifs is 3. The molecule has 115 heavy (non-hydrogen) atoms. The van der Waals surface area contributed by atoms with Crippen molar-refractivity contribution < 1.29 is 41.4 Å². The van der Waals surface area contributed by atoms with E-state index < -0.39 is 46.3 Å². The Morgan fingerprint density at radius 1 is 0.539 bits per heavy atom. The molecule has 31 heteroatoms. The highest BCUT2D eigenvalue weighted by Gasteiger charge is 2.38. The number of ether oxygens (including phenoxy) is 2. The number of carbonyl (C=O) groups is 3. The first kappa shape index (κ1) is 85.1. The van der Waals surface area contributed by atoms with Gasteiger partial charge in [-0.1, -0.05) is 117 Å². The van der Waals surface area contributed by atoms with Crippen molar-refractivity contribution >= 4 is 103 Å². The van der Waals surface area contributed by atoms with Crippen LogP contribution in [0.15, 0.2) is 156 Å². The molecule has 10 aromatic rings. The summed E-state index contributed by atoms with van der Waals surface area (Å²) in [5.74, 6) is -0.231. The minimum absolute atomic E-state index is 0.0424. The topological polar surface area (TPSA) is 245 Å². The summed E-state index contributed by atoms with van der Waals surface area (Å²) >= 11 is 20.1. The van der Waals surface area contributed by atoms with Crippen LogP contribution in [0.5, 0.6) is 0 Å². The fourth-order valence-electron chi connectivity index (χ4n) is 14.5. The molecule has 3 aromatic carbocycles. The SMILES string of the molecule is C=CC(=O)N1CC(C)N(c2nc(=O)n(-c3c(C)ccnc3C(C)C)c3nc(-c4ccccc4C(F)F)c(Cl)cc23)CC1C.C=CC(=O)N1CC(C)N(c2nc(=O)n(CC(C)(C)OC)c3nc(-c4ccccc4F)c(Cl)cc23)CC1C.C=CC(=O)N1CCN(c2nc(=O)n(CC(C)(C)OC)c3nc(-c4ccccc4F)c(Cl)cc23)CC1. The summed E-state index contributed by atoms with van der Waals surface area (Å²) in [6, 6.07) is 24.6. The highest BCUT2D eigenvalue weighted by atomic mass is 35.5. The lowest BCUT2D eigenvalue weighted by Gasteiger charge is -2.44. The maximum atomic E-state index is 14.7. The van der Waals surface area contributed by atoms with Gasteiger partial charge in [-0.05, 0) is 141 Å². The molecule has 0 saturated carbocycles. The normalized spacial score (nSPS) is 16.7. The number of piperazine rings is 3. The molecule has 3 aliphatic heterocycles. The number of nitrogens with zero attached hydrogens (tertiary/aromatic N) is 16. The zero-order valence-corrected chi connectivity index (χ0v) is 68.5. The van der Waals surface area contributed by atoms with Crippen LogP contribution in [0.1, 0.15) is 98.4 Å². The number of halogens is 7. The fourth-order valence-corrected chi connectivity index (χ4v) is 15.2. The van der Waals surface area contributed by atoms with Gasteiger partial charge in [-0.25, -0.2) is 51.5 Å². The second-order valence-electron chi connectivity index (χ2n) is 30.1. The molecule has 7 aromatic heterocycles. The molecule has 0 aliphatic carbocycles. The van der Waals surface area contributed by atoms with Crippen LogP contribution in [-0.4, -0.2) is 183 Å². The quantitative estimate of drug-likeness (QED) is 0.0572. The van der Waals surface area contributed by atoms with Gasteiger partial charge >= 0.3 is 17.1 Å². The monoisotopic (exact) mass is 1630 g/mol. The number of alkyl halides is 2. The Hall–Kier alpha value is -10.8. The van der Waals surface area contributed by atoms with Crippen LogP contribution in [0.3, 0.4) is 0 Å². The third kappa shape index (κ3) is 17.7. The van der Waals surface area contributed by atoms with Gasteiger partial charge in [0, 0.05) is 119 Å². The van der Waals surface area contributed by atoms with Crippen LogP contribution in [0, 0.1) is 18.6 Å². The Morgan fingerprint density at radius 3 is 1.37 bits per heavy atom. The van der Waals surface area contributed by atoms with Crippen LogP contribution in [-0.2, 0) is 36.9 Å². The van der Waals surface area contributed by atoms with Crippen molar-refractivity contribution in [1.29, 1.82) is 0 Å². The predicted octanol–water partition coefficient (Wildman–Crippen LogP) is 14.3. The van der Waals surface area contributed by atoms with E-state index in [2.05, 4.69) is 44.7 Å². The summed E-state index contributed by atoms with van der Waals surface area (Å²) in [7, 11) is 3.13. The number of aryl methyl sites for hydroxylation is 1. The van der Waals surface area contributed by atoms with E-state index in [0.717, 1.165) is 5.56 Å². The number of hydrogen-bond donors (Lipinski definition) is 0. The average molecular weight is 1640 g/mol. The highest BCUT2D eigenvalue weighted by molar-refractivity contribution is 6.35. The standard InChI is InChI=1S/C32H33ClF2N6O2.C27H31ClFN5O3.C25H27ClFN5O3/c1-7-25(42)39-15-20(6)40(16-19(39)5)30-23-14-24(33)27(21-10-8-9-11-22(21)29(34)35)37-31(23)41(32(43)38-30)28-18(4)12-13-36-26(28)17(2)3;1-7-22(35)32-13-17(3)33(14-16(32)2)25-19-12-20(28)23(18-10-8-9-11-21(18)29)30-24(19)34(26(36)31-25)15-27(4,5)37-6;1-5-20(33)30-10-12-31(13-11-30)22-17-14-18(26)21(16-8-6-7-9-19(16)27)28-23(17)32(24(34)29-22)15-25(2,3)35-4/h7-14,17,19-20,29H,1,15-16H2,2-6H3;7-12,16-17H,1,13-15H2,2-6H3;5-9,14H,1,10-13,15H2,2-4H3. The molecule has 3 saturated heterocycles. The zero-order chi connectivity index (χ0) is 83.6. The molecule has 3 aliphatic rings. The first-order valence-electron chi connectivity index (χ1n) is 37.4. The van der Waals surface area contributed by atoms with Crippen molar-refractivity contribution in [2.75, 3.05) is 81.3 Å². The molecular formula is C84H91Cl3F4N16O8. The zero-order valence-electron chi connectivity index (χ0n) is 66.3. The van der Waals surface area contributed by atoms with Crippen LogP contribution < -0.4 is 31.8 Å². The summed E-state index contributed by atoms with van der Waals surface area (Å²) < 4.78 is 72.9. The van der Waals surface area contributed by atoms with Crippen molar-refractivity contribution in [3.63, 3.8) is 0 Å². The Morgan fingerprint density at radius 2 is 0.939 bits per heavy atom. The molecule has 3 fully saturated rings. The summed E-state index contributed by atoms with van der Waals surface area (Å²) in [6.45, 7) is 35.6. The average Bonchev–Trinajstić information content (AvgIpc) is 0.744. The van der Waals surface area contributed by atoms with Gasteiger partial charge in [-0.3, -0.25) is 28.5 Å². The maximum Gasteiger partial charge on any atom is 0.355 e. The third-order valence-corrected chi connectivity index (χ3v) is 21.7. The molecular weight excluding hydrogens is 1540 g/mol. The van der Waals surface area contributed by atoms with Crippen molar-refractivity contribution in [3.8, 4) is 39.5 Å². The minimum Gasteiger partial charge on any atom is -0.377 e. The molecule has 604 valence electrons. The number of rotatable bonds is 18. The van der Waals surface area contributed by atoms with Crippen LogP contribution in [0.2, 0.25) is 15.1 Å². The molecule has 10 heterocycles. The van der Waals surface area contributed by atoms with Crippen LogP contribution in [0.25, 0.3) is 72.6 Å². The Labute approximate surface area is 677 Å². The van der Waals surface area contributed by atoms with Gasteiger partial charge in [0.05, 0.1) is 84.0 Å². The largest absolute Gasteiger partial charge is 0.377 e. The molecule has 3 amide bonds. The first-order chi connectivity index (χ1) is 54.6. The molecule has 0 N–H and O–H groups in total. The highest BCUT2D eigenvalue weighted by Crippen LogP contribution is 2.41. The van der Waals surface area contributed by atoms with E-state index in [1.807, 2.05) is 90.9 Å². The van der Waals surface area contributed by atoms with Gasteiger partial charge in [0.1, 0.15) is 40.4 Å². The van der Waals surface area contributed by atoms with Gasteiger partial charge in [0.15, 0.2) is 5.65 Å². The third-order valence-electron chi connectivity index (χ3n) is 20.9. The Bertz CT molecular complexity index is 5640. The second kappa shape index (κ2) is 35.1. The molecule has 4 unspecified atom stereocenters. The van der Waals surface area contributed by atoms with Crippen molar-refractivity contribution in [2.45, 2.75) is 137 Å². The van der Waals surface area contributed by atoms with Crippen LogP contribution >= 0.6 is 34.8 Å². The lowest BCUT2D eigenvalue weighted by molar-refractivity contribution is -0.129. The van der Waals surface area contributed by atoms with E-state index >= 15 is 0 Å². The first-order valence-corrected chi connectivity index (χ1v) is 38.5. The molecule has 0 bridgehead atoms. The second-order valence-corrected chi connectivity index (χ2v) is 31.4. The number of aromatic nitrogens is 10. The van der Waals surface area contributed by atoms with E-state index in [0.29, 0.717) is 109 Å². The lowest BCUT2D eigenvalue weighted by atomic mass is 10.0. The Kier molecular flexibility index (Phi) is 26.0. The number of hydrogen-bond acceptors (Lipinski definition) is 18. The van der Waals surface area contributed by atoms with Gasteiger partial charge in [-0.2, -0.15) is 15.0 Å². The Balaban J connectivity index is 0.000000171. The number of carbonyl (C=O) groups excluding carboxylic acids is 3.